The van der Waals surface area contributed by atoms with E-state index >= 15 is 0 Å². The molecule has 2 aliphatic rings. The predicted octanol–water partition coefficient (Wildman–Crippen LogP) is 2.96. The van der Waals surface area contributed by atoms with Crippen molar-refractivity contribution in [3.8, 4) is 6.07 Å². The number of nitriles is 1. The Kier molecular flexibility index (Phi) is 5.60. The van der Waals surface area contributed by atoms with Crippen molar-refractivity contribution in [3.63, 3.8) is 0 Å². The van der Waals surface area contributed by atoms with Crippen LogP contribution in [0.5, 0.6) is 0 Å². The molecule has 2 aromatic carbocycles. The van der Waals surface area contributed by atoms with Gasteiger partial charge in [-0.3, -0.25) is 9.59 Å². The molecule has 2 fully saturated rings. The lowest BCUT2D eigenvalue weighted by Crippen LogP contribution is -2.49. The summed E-state index contributed by atoms with van der Waals surface area (Å²) >= 11 is 0. The van der Waals surface area contributed by atoms with E-state index < -0.39 is 39.7 Å². The van der Waals surface area contributed by atoms with Crippen molar-refractivity contribution in [3.05, 3.63) is 59.9 Å². The molecule has 0 bridgehead atoms. The van der Waals surface area contributed by atoms with Crippen LogP contribution in [-0.4, -0.2) is 36.6 Å². The number of nitrogens with zero attached hydrogens (tertiary/aromatic N) is 3. The average molecular weight is 441 g/mol. The zero-order chi connectivity index (χ0) is 22.2. The maximum Gasteiger partial charge on any atom is 0.252 e. The number of benzene rings is 2. The van der Waals surface area contributed by atoms with Crippen molar-refractivity contribution in [1.82, 2.24) is 4.31 Å². The van der Waals surface area contributed by atoms with Crippen LogP contribution in [-0.2, 0) is 19.6 Å². The molecule has 0 radical (unpaired) electrons. The summed E-state index contributed by atoms with van der Waals surface area (Å²) in [6.07, 6.45) is 2.57. The van der Waals surface area contributed by atoms with Crippen LogP contribution in [0.1, 0.15) is 37.7 Å². The number of imide groups is 1. The number of hydrogen-bond acceptors (Lipinski definition) is 5. The molecule has 2 aromatic rings. The summed E-state index contributed by atoms with van der Waals surface area (Å²) in [5.74, 6) is -1.69. The van der Waals surface area contributed by atoms with E-state index in [0.717, 1.165) is 34.2 Å². The number of hydrogen-bond donors (Lipinski definition) is 0. The predicted molar refractivity (Wildman–Crippen MR) is 110 cm³/mol. The molecule has 1 unspecified atom stereocenters. The minimum Gasteiger partial charge on any atom is -0.274 e. The van der Waals surface area contributed by atoms with E-state index in [-0.39, 0.29) is 11.3 Å². The maximum atomic E-state index is 13.5. The molecule has 4 rings (SSSR count). The van der Waals surface area contributed by atoms with Gasteiger partial charge in [0, 0.05) is 6.04 Å². The summed E-state index contributed by atoms with van der Waals surface area (Å²) in [5.41, 5.74) is 0.674. The van der Waals surface area contributed by atoms with E-state index in [1.807, 2.05) is 6.07 Å². The van der Waals surface area contributed by atoms with E-state index in [2.05, 4.69) is 0 Å². The number of halogens is 1. The highest BCUT2D eigenvalue weighted by molar-refractivity contribution is 7.89. The molecule has 7 nitrogen and oxygen atoms in total. The Balaban J connectivity index is 1.72. The van der Waals surface area contributed by atoms with Crippen molar-refractivity contribution in [2.75, 3.05) is 4.90 Å². The molecule has 160 valence electrons. The summed E-state index contributed by atoms with van der Waals surface area (Å²) < 4.78 is 41.5. The summed E-state index contributed by atoms with van der Waals surface area (Å²) in [6, 6.07) is 10.8. The van der Waals surface area contributed by atoms with E-state index in [9.17, 15) is 22.4 Å². The standard InChI is InChI=1S/C22H20FN3O4S/c23-16-7-11-19(12-8-16)31(29,30)26(18-3-1-2-4-18)20-13-21(27)25(22(20)28)17-9-5-15(14-24)6-10-17/h5-12,18,20H,1-4,13H2. The highest BCUT2D eigenvalue weighted by atomic mass is 32.2. The number of anilines is 1. The summed E-state index contributed by atoms with van der Waals surface area (Å²) in [7, 11) is -4.13. The fourth-order valence-electron chi connectivity index (χ4n) is 4.28. The lowest BCUT2D eigenvalue weighted by atomic mass is 10.1. The van der Waals surface area contributed by atoms with Gasteiger partial charge < -0.3 is 0 Å². The third-order valence-corrected chi connectivity index (χ3v) is 7.73. The first-order chi connectivity index (χ1) is 14.8. The van der Waals surface area contributed by atoms with Gasteiger partial charge in [0.2, 0.25) is 15.9 Å². The van der Waals surface area contributed by atoms with Gasteiger partial charge in [-0.2, -0.15) is 9.57 Å². The molecule has 2 amide bonds. The Morgan fingerprint density at radius 3 is 2.19 bits per heavy atom. The quantitative estimate of drug-likeness (QED) is 0.665. The van der Waals surface area contributed by atoms with Crippen molar-refractivity contribution < 1.29 is 22.4 Å². The lowest BCUT2D eigenvalue weighted by Gasteiger charge is -2.32. The summed E-state index contributed by atoms with van der Waals surface area (Å²) in [6.45, 7) is 0. The number of sulfonamides is 1. The van der Waals surface area contributed by atoms with E-state index in [1.54, 1.807) is 0 Å². The van der Waals surface area contributed by atoms with Crippen molar-refractivity contribution in [1.29, 1.82) is 5.26 Å². The fourth-order valence-corrected chi connectivity index (χ4v) is 6.10. The molecule has 1 heterocycles. The van der Waals surface area contributed by atoms with Gasteiger partial charge in [-0.05, 0) is 61.4 Å². The van der Waals surface area contributed by atoms with Gasteiger partial charge >= 0.3 is 0 Å². The van der Waals surface area contributed by atoms with Crippen LogP contribution in [0.2, 0.25) is 0 Å². The molecular weight excluding hydrogens is 421 g/mol. The van der Waals surface area contributed by atoms with Crippen LogP contribution in [0.4, 0.5) is 10.1 Å². The Morgan fingerprint density at radius 1 is 1.00 bits per heavy atom. The lowest BCUT2D eigenvalue weighted by molar-refractivity contribution is -0.122. The molecule has 0 spiro atoms. The topological polar surface area (TPSA) is 98.5 Å². The van der Waals surface area contributed by atoms with E-state index in [1.165, 1.54) is 36.4 Å². The number of rotatable bonds is 5. The Labute approximate surface area is 179 Å². The van der Waals surface area contributed by atoms with Gasteiger partial charge in [-0.1, -0.05) is 12.8 Å². The van der Waals surface area contributed by atoms with Crippen LogP contribution >= 0.6 is 0 Å². The first-order valence-electron chi connectivity index (χ1n) is 9.99. The molecule has 0 aromatic heterocycles. The molecule has 1 saturated carbocycles. The zero-order valence-electron chi connectivity index (χ0n) is 16.6. The van der Waals surface area contributed by atoms with Crippen LogP contribution in [0.15, 0.2) is 53.4 Å². The van der Waals surface area contributed by atoms with E-state index in [0.29, 0.717) is 24.1 Å². The second-order valence-corrected chi connectivity index (χ2v) is 9.52. The Morgan fingerprint density at radius 2 is 1.61 bits per heavy atom. The third kappa shape index (κ3) is 3.84. The third-order valence-electron chi connectivity index (χ3n) is 5.76. The molecule has 1 aliphatic heterocycles. The first-order valence-corrected chi connectivity index (χ1v) is 11.4. The van der Waals surface area contributed by atoms with Crippen LogP contribution in [0, 0.1) is 17.1 Å². The minimum atomic E-state index is -4.13. The molecule has 1 saturated heterocycles. The second kappa shape index (κ2) is 8.21. The number of amides is 2. The fraction of sp³-hybridized carbons (Fsp3) is 0.318. The van der Waals surface area contributed by atoms with Gasteiger partial charge in [0.1, 0.15) is 11.9 Å². The van der Waals surface area contributed by atoms with Gasteiger partial charge in [-0.25, -0.2) is 17.7 Å². The van der Waals surface area contributed by atoms with Crippen molar-refractivity contribution in [2.24, 2.45) is 0 Å². The maximum absolute atomic E-state index is 13.5. The largest absolute Gasteiger partial charge is 0.274 e. The van der Waals surface area contributed by atoms with E-state index in [4.69, 9.17) is 5.26 Å². The van der Waals surface area contributed by atoms with Gasteiger partial charge in [0.15, 0.2) is 0 Å². The highest BCUT2D eigenvalue weighted by Gasteiger charge is 2.49. The average Bonchev–Trinajstić information content (AvgIpc) is 3.37. The van der Waals surface area contributed by atoms with Gasteiger partial charge in [0.25, 0.3) is 5.91 Å². The van der Waals surface area contributed by atoms with Crippen LogP contribution < -0.4 is 4.90 Å². The van der Waals surface area contributed by atoms with Crippen molar-refractivity contribution in [2.45, 2.75) is 49.1 Å². The van der Waals surface area contributed by atoms with Crippen molar-refractivity contribution >= 4 is 27.5 Å². The molecule has 0 N–H and O–H groups in total. The highest BCUT2D eigenvalue weighted by Crippen LogP contribution is 2.35. The second-order valence-electron chi connectivity index (χ2n) is 7.67. The molecule has 1 atom stereocenters. The Hall–Kier alpha value is -3.09. The number of carbonyl (C=O) groups excluding carboxylic acids is 2. The monoisotopic (exact) mass is 441 g/mol. The summed E-state index contributed by atoms with van der Waals surface area (Å²) in [4.78, 5) is 26.9. The Bertz CT molecular complexity index is 1150. The summed E-state index contributed by atoms with van der Waals surface area (Å²) in [5, 5.41) is 8.95. The van der Waals surface area contributed by atoms with Crippen LogP contribution in [0.3, 0.4) is 0 Å². The van der Waals surface area contributed by atoms with Crippen LogP contribution in [0.25, 0.3) is 0 Å². The van der Waals surface area contributed by atoms with Gasteiger partial charge in [-0.15, -0.1) is 0 Å². The normalized spacial score (nSPS) is 19.9. The molecule has 9 heteroatoms. The first kappa shape index (κ1) is 21.2. The molecule has 31 heavy (non-hydrogen) atoms. The molecular formula is C22H20FN3O4S. The number of carbonyl (C=O) groups is 2. The smallest absolute Gasteiger partial charge is 0.252 e. The van der Waals surface area contributed by atoms with Gasteiger partial charge in [0.05, 0.1) is 28.6 Å². The molecule has 1 aliphatic carbocycles. The minimum absolute atomic E-state index is 0.113. The SMILES string of the molecule is N#Cc1ccc(N2C(=O)CC(N(C3CCCC3)S(=O)(=O)c3ccc(F)cc3)C2=O)cc1. The zero-order valence-corrected chi connectivity index (χ0v) is 17.4.